The van der Waals surface area contributed by atoms with Gasteiger partial charge in [0.25, 0.3) is 0 Å². The molecule has 0 bridgehead atoms. The van der Waals surface area contributed by atoms with Crippen LogP contribution >= 0.6 is 62.3 Å². The minimum Gasteiger partial charge on any atom is -0.508 e. The number of amides is 12. The number of hydrogen-bond acceptors (Lipinski definition) is 23. The minimum atomic E-state index is -1.70. The number of guanidine groups is 1. The van der Waals surface area contributed by atoms with Crippen LogP contribution in [0.4, 0.5) is 0 Å². The number of phenolic OH excluding ortho intramolecular Hbond substituents is 1. The molecule has 1 aliphatic rings. The van der Waals surface area contributed by atoms with Gasteiger partial charge in [-0.2, -0.15) is 62.3 Å². The fraction of sp³-hybridized carbons (Fsp3) is 0.618. The third kappa shape index (κ3) is 29.9. The molecule has 0 saturated carbocycles. The van der Waals surface area contributed by atoms with Crippen molar-refractivity contribution in [1.82, 2.24) is 63.4 Å². The highest BCUT2D eigenvalue weighted by atomic mass is 32.2. The van der Waals surface area contributed by atoms with Crippen molar-refractivity contribution < 1.29 is 87.5 Å². The molecule has 0 spiro atoms. The smallest absolute Gasteiger partial charge is 0.327 e. The number of aliphatic hydroxyl groups excluding tert-OH is 1. The Morgan fingerprint density at radius 2 is 1.12 bits per heavy atom. The second kappa shape index (κ2) is 43.5. The topological polar surface area (TPSA) is 546 Å². The number of thioether (sulfide) groups is 1. The van der Waals surface area contributed by atoms with Gasteiger partial charge >= 0.3 is 11.9 Å². The van der Waals surface area contributed by atoms with Gasteiger partial charge < -0.3 is 101 Å². The molecular formula is C55H88N16O18S5. The number of aromatic hydroxyl groups is 1. The number of aliphatic imine (C=N–C) groups is 1. The van der Waals surface area contributed by atoms with Gasteiger partial charge in [-0.3, -0.25) is 67.3 Å². The summed E-state index contributed by atoms with van der Waals surface area (Å²) in [6, 6.07) is -10.0. The van der Waals surface area contributed by atoms with Crippen LogP contribution < -0.4 is 75.7 Å². The largest absolute Gasteiger partial charge is 0.508 e. The number of thiol groups is 4. The summed E-state index contributed by atoms with van der Waals surface area (Å²) < 4.78 is 0. The number of aliphatic hydroxyl groups is 1. The van der Waals surface area contributed by atoms with E-state index >= 15 is 0 Å². The number of hydrogen-bond donors (Lipinski definition) is 22. The van der Waals surface area contributed by atoms with Gasteiger partial charge in [-0.15, -0.1) is 0 Å². The van der Waals surface area contributed by atoms with Crippen molar-refractivity contribution in [2.45, 2.75) is 138 Å². The Morgan fingerprint density at radius 3 is 1.66 bits per heavy atom. The van der Waals surface area contributed by atoms with Crippen molar-refractivity contribution >= 4 is 151 Å². The van der Waals surface area contributed by atoms with E-state index in [0.29, 0.717) is 5.56 Å². The number of nitrogens with one attached hydrogen (secondary N) is 11. The van der Waals surface area contributed by atoms with Crippen molar-refractivity contribution in [3.05, 3.63) is 29.8 Å². The molecule has 34 nitrogen and oxygen atoms in total. The van der Waals surface area contributed by atoms with Crippen molar-refractivity contribution in [2.75, 3.05) is 67.8 Å². The molecule has 12 amide bonds. The normalized spacial score (nSPS) is 15.8. The lowest BCUT2D eigenvalue weighted by atomic mass is 10.0. The number of nitrogens with two attached hydrogens (primary N) is 3. The fourth-order valence-electron chi connectivity index (χ4n) is 8.89. The third-order valence-electron chi connectivity index (χ3n) is 13.9. The molecule has 0 aliphatic carbocycles. The highest BCUT2D eigenvalue weighted by molar-refractivity contribution is 7.98. The van der Waals surface area contributed by atoms with E-state index in [9.17, 15) is 87.5 Å². The number of carboxylic acid groups (broad SMARTS) is 2. The second-order valence-corrected chi connectivity index (χ2v) is 24.3. The number of benzene rings is 1. The fourth-order valence-corrected chi connectivity index (χ4v) is 10.3. The molecule has 1 saturated heterocycles. The van der Waals surface area contributed by atoms with Crippen LogP contribution in [0.3, 0.4) is 0 Å². The van der Waals surface area contributed by atoms with Crippen LogP contribution in [0.15, 0.2) is 29.3 Å². The van der Waals surface area contributed by atoms with E-state index in [1.165, 1.54) is 36.0 Å². The van der Waals surface area contributed by atoms with Crippen molar-refractivity contribution in [2.24, 2.45) is 28.1 Å². The second-order valence-electron chi connectivity index (χ2n) is 21.8. The Kier molecular flexibility index (Phi) is 38.2. The summed E-state index contributed by atoms with van der Waals surface area (Å²) >= 11 is 17.6. The highest BCUT2D eigenvalue weighted by Gasteiger charge is 2.41. The van der Waals surface area contributed by atoms with Gasteiger partial charge in [0.2, 0.25) is 70.9 Å². The summed E-state index contributed by atoms with van der Waals surface area (Å²) in [6.45, 7) is 1.19. The zero-order chi connectivity index (χ0) is 70.8. The predicted molar refractivity (Wildman–Crippen MR) is 357 cm³/mol. The molecule has 21 N–H and O–H groups in total. The van der Waals surface area contributed by atoms with Gasteiger partial charge in [-0.25, -0.2) is 4.79 Å². The van der Waals surface area contributed by atoms with Crippen LogP contribution in [0.5, 0.6) is 5.75 Å². The molecule has 11 atom stereocenters. The number of rotatable bonds is 43. The van der Waals surface area contributed by atoms with Crippen LogP contribution in [0.25, 0.3) is 0 Å². The van der Waals surface area contributed by atoms with E-state index in [2.05, 4.69) is 114 Å². The Morgan fingerprint density at radius 1 is 0.606 bits per heavy atom. The van der Waals surface area contributed by atoms with Gasteiger partial charge in [-0.05, 0) is 80.6 Å². The minimum absolute atomic E-state index is 0.00907. The maximum atomic E-state index is 14.6. The van der Waals surface area contributed by atoms with E-state index in [0.717, 1.165) is 4.90 Å². The monoisotopic (exact) mass is 1420 g/mol. The molecule has 1 aromatic rings. The van der Waals surface area contributed by atoms with Gasteiger partial charge in [0.05, 0.1) is 25.7 Å². The van der Waals surface area contributed by atoms with E-state index < -0.39 is 182 Å². The van der Waals surface area contributed by atoms with E-state index in [4.69, 9.17) is 17.2 Å². The first-order chi connectivity index (χ1) is 44.4. The summed E-state index contributed by atoms with van der Waals surface area (Å²) in [7, 11) is 0. The number of likely N-dealkylation sites (tertiary alicyclic amines) is 1. The number of carboxylic acids is 2. The SMILES string of the molecule is CSCC[C@H](NC(=O)[C@H](CS)NC(=O)[C@@H]1CCCN1C(=O)[C@H](CCCN=C(N)N)NC(=O)[C@H](CCC(=O)O)NC(=O)[C@H](CS)NC(=O)CNC(=O)CNC(=O)[C@H](CC(C)C)NC(=O)[C@@H](N)CS)C(=O)N[C@@H](Cc1ccc(O)cc1)C(=O)N[C@@H](CO)C(=O)N[C@@H](CS)C(=O)O. The number of nitrogens with zero attached hydrogens (tertiary/aromatic N) is 2. The summed E-state index contributed by atoms with van der Waals surface area (Å²) in [5.41, 5.74) is 17.1. The van der Waals surface area contributed by atoms with Crippen LogP contribution in [0, 0.1) is 5.92 Å². The van der Waals surface area contributed by atoms with Crippen LogP contribution in [-0.2, 0) is 73.5 Å². The number of carbonyl (C=O) groups is 14. The molecule has 1 aliphatic heterocycles. The third-order valence-corrected chi connectivity index (χ3v) is 16.1. The zero-order valence-corrected chi connectivity index (χ0v) is 56.4. The van der Waals surface area contributed by atoms with E-state index in [1.54, 1.807) is 20.1 Å². The molecule has 1 aromatic carbocycles. The molecule has 0 unspecified atom stereocenters. The van der Waals surface area contributed by atoms with Crippen LogP contribution in [0.2, 0.25) is 0 Å². The van der Waals surface area contributed by atoms with Crippen molar-refractivity contribution in [3.8, 4) is 5.75 Å². The number of aliphatic carboxylic acids is 2. The number of phenols is 1. The molecule has 1 heterocycles. The molecule has 1 fully saturated rings. The van der Waals surface area contributed by atoms with Gasteiger partial charge in [0.15, 0.2) is 5.96 Å². The lowest BCUT2D eigenvalue weighted by Crippen LogP contribution is -2.61. The molecule has 526 valence electrons. The maximum Gasteiger partial charge on any atom is 0.327 e. The molecule has 39 heteroatoms. The molecule has 94 heavy (non-hydrogen) atoms. The summed E-state index contributed by atoms with van der Waals surface area (Å²) in [6.07, 6.45) is 0.542. The summed E-state index contributed by atoms with van der Waals surface area (Å²) in [4.78, 5) is 191. The van der Waals surface area contributed by atoms with Gasteiger partial charge in [0.1, 0.15) is 66.2 Å². The van der Waals surface area contributed by atoms with E-state index in [-0.39, 0.29) is 104 Å². The Bertz CT molecular complexity index is 2810. The lowest BCUT2D eigenvalue weighted by molar-refractivity contribution is -0.143. The lowest BCUT2D eigenvalue weighted by Gasteiger charge is -2.31. The first kappa shape index (κ1) is 82.6. The summed E-state index contributed by atoms with van der Waals surface area (Å²) in [5.74, 6) is -14.9. The predicted octanol–water partition coefficient (Wildman–Crippen LogP) is -6.64. The Hall–Kier alpha value is -7.46. The standard InChI is InChI=1S/C55H88N16O18S5/c1-27(2)18-34(66-44(78)30(56)23-90)45(79)61-20-41(74)60-21-42(75)62-37(24-91)50(84)63-31(12-13-43(76)77)46(80)65-33(6-4-15-59-55(57)58)53(87)71-16-5-7-40(71)52(86)69-38(25-92)51(85)64-32(14-17-94-3)47(81)67-35(19-28-8-10-29(73)11-9-28)48(82)68-36(22-72)49(83)70-39(26-93)54(88)89/h8-11,27,30-40,72-73,90-93H,4-7,12-26,56H2,1-3H3,(H,60,74)(H,61,79)(H,62,75)(H,63,84)(H,64,85)(H,65,80)(H,66,78)(H,67,81)(H,68,82)(H,69,86)(H,70,83)(H,76,77)(H,88,89)(H4,57,58,59)/t30-,31-,32-,33-,34-,35-,36-,37-,38-,39-,40-/m0/s1. The van der Waals surface area contributed by atoms with Gasteiger partial charge in [-0.1, -0.05) is 26.0 Å². The zero-order valence-electron chi connectivity index (χ0n) is 52.0. The van der Waals surface area contributed by atoms with Crippen LogP contribution in [-0.4, -0.2) is 248 Å². The Labute approximate surface area is 568 Å². The van der Waals surface area contributed by atoms with Crippen LogP contribution in [0.1, 0.15) is 70.8 Å². The molecule has 0 aromatic heterocycles. The molecule has 2 rings (SSSR count). The first-order valence-corrected chi connectivity index (χ1v) is 33.5. The highest BCUT2D eigenvalue weighted by Crippen LogP contribution is 2.21. The number of carbonyl (C=O) groups excluding carboxylic acids is 12. The molecule has 0 radical (unpaired) electrons. The van der Waals surface area contributed by atoms with Crippen molar-refractivity contribution in [1.29, 1.82) is 0 Å². The quantitative estimate of drug-likeness (QED) is 0.0125. The average molecular weight is 1420 g/mol. The Balaban J connectivity index is 2.32. The summed E-state index contributed by atoms with van der Waals surface area (Å²) in [5, 5.41) is 65.5. The first-order valence-electron chi connectivity index (χ1n) is 29.6. The van der Waals surface area contributed by atoms with E-state index in [1.807, 2.05) is 0 Å². The molecular weight excluding hydrogens is 1330 g/mol. The average Bonchev–Trinajstić information content (AvgIpc) is 1.62. The van der Waals surface area contributed by atoms with Crippen molar-refractivity contribution in [3.63, 3.8) is 0 Å². The van der Waals surface area contributed by atoms with Gasteiger partial charge in [0, 0.05) is 48.9 Å². The maximum absolute atomic E-state index is 14.6.